The van der Waals surface area contributed by atoms with Crippen LogP contribution in [0.5, 0.6) is 0 Å². The average Bonchev–Trinajstić information content (AvgIpc) is 2.84. The molecule has 0 aliphatic rings. The van der Waals surface area contributed by atoms with Crippen molar-refractivity contribution in [2.45, 2.75) is 19.5 Å². The van der Waals surface area contributed by atoms with Crippen LogP contribution < -0.4 is 5.32 Å². The molecular formula is C9H10Cl2N4S. The maximum Gasteiger partial charge on any atom is 0.138 e. The van der Waals surface area contributed by atoms with Gasteiger partial charge in [-0.25, -0.2) is 4.98 Å². The number of thiophene rings is 1. The van der Waals surface area contributed by atoms with Crippen LogP contribution in [0, 0.1) is 0 Å². The molecule has 0 fully saturated rings. The summed E-state index contributed by atoms with van der Waals surface area (Å²) in [7, 11) is 0. The molecule has 2 aromatic rings. The van der Waals surface area contributed by atoms with E-state index >= 15 is 0 Å². The van der Waals surface area contributed by atoms with Crippen molar-refractivity contribution in [3.8, 4) is 0 Å². The maximum absolute atomic E-state index is 6.06. The third-order valence-corrected chi connectivity index (χ3v) is 3.71. The van der Waals surface area contributed by atoms with E-state index in [0.29, 0.717) is 10.9 Å². The van der Waals surface area contributed by atoms with E-state index in [-0.39, 0.29) is 6.04 Å². The molecule has 0 spiro atoms. The molecule has 2 aromatic heterocycles. The van der Waals surface area contributed by atoms with E-state index in [2.05, 4.69) is 20.5 Å². The Kier molecular flexibility index (Phi) is 3.81. The monoisotopic (exact) mass is 276 g/mol. The van der Waals surface area contributed by atoms with Crippen LogP contribution in [0.15, 0.2) is 12.4 Å². The SMILES string of the molecule is CC(NCc1ncn[nH]1)c1cc(Cl)sc1Cl. The van der Waals surface area contributed by atoms with Gasteiger partial charge in [-0.1, -0.05) is 23.2 Å². The average molecular weight is 277 g/mol. The molecule has 4 nitrogen and oxygen atoms in total. The highest BCUT2D eigenvalue weighted by molar-refractivity contribution is 7.20. The lowest BCUT2D eigenvalue weighted by atomic mass is 10.2. The predicted octanol–water partition coefficient (Wildman–Crippen LogP) is 3.02. The van der Waals surface area contributed by atoms with Crippen molar-refractivity contribution in [2.75, 3.05) is 0 Å². The van der Waals surface area contributed by atoms with Crippen LogP contribution in [0.25, 0.3) is 0 Å². The molecule has 86 valence electrons. The highest BCUT2D eigenvalue weighted by atomic mass is 35.5. The van der Waals surface area contributed by atoms with E-state index in [4.69, 9.17) is 23.2 Å². The normalized spacial score (nSPS) is 12.9. The topological polar surface area (TPSA) is 53.6 Å². The molecule has 0 aromatic carbocycles. The van der Waals surface area contributed by atoms with E-state index in [1.54, 1.807) is 0 Å². The highest BCUT2D eigenvalue weighted by Gasteiger charge is 2.13. The Labute approximate surface area is 107 Å². The highest BCUT2D eigenvalue weighted by Crippen LogP contribution is 2.34. The Hall–Kier alpha value is -0.620. The van der Waals surface area contributed by atoms with E-state index in [1.165, 1.54) is 17.7 Å². The summed E-state index contributed by atoms with van der Waals surface area (Å²) in [6.45, 7) is 2.64. The van der Waals surface area contributed by atoms with Gasteiger partial charge in [0, 0.05) is 6.04 Å². The minimum absolute atomic E-state index is 0.126. The lowest BCUT2D eigenvalue weighted by molar-refractivity contribution is 0.562. The number of hydrogen-bond donors (Lipinski definition) is 2. The number of hydrogen-bond acceptors (Lipinski definition) is 4. The summed E-state index contributed by atoms with van der Waals surface area (Å²) in [5, 5.41) is 9.84. The van der Waals surface area contributed by atoms with Crippen molar-refractivity contribution in [2.24, 2.45) is 0 Å². The van der Waals surface area contributed by atoms with Gasteiger partial charge in [0.2, 0.25) is 0 Å². The number of nitrogens with one attached hydrogen (secondary N) is 2. The van der Waals surface area contributed by atoms with Gasteiger partial charge < -0.3 is 5.32 Å². The van der Waals surface area contributed by atoms with Crippen LogP contribution in [0.3, 0.4) is 0 Å². The summed E-state index contributed by atoms with van der Waals surface area (Å²) < 4.78 is 1.43. The van der Waals surface area contributed by atoms with E-state index in [1.807, 2.05) is 13.0 Å². The Balaban J connectivity index is 1.98. The largest absolute Gasteiger partial charge is 0.303 e. The number of aromatic nitrogens is 3. The van der Waals surface area contributed by atoms with Crippen LogP contribution in [0.4, 0.5) is 0 Å². The predicted molar refractivity (Wildman–Crippen MR) is 66.0 cm³/mol. The molecule has 0 saturated heterocycles. The van der Waals surface area contributed by atoms with Crippen LogP contribution in [-0.2, 0) is 6.54 Å². The second kappa shape index (κ2) is 5.14. The lowest BCUT2D eigenvalue weighted by Crippen LogP contribution is -2.18. The first-order valence-electron chi connectivity index (χ1n) is 4.69. The quantitative estimate of drug-likeness (QED) is 0.903. The lowest BCUT2D eigenvalue weighted by Gasteiger charge is -2.11. The minimum Gasteiger partial charge on any atom is -0.303 e. The molecular weight excluding hydrogens is 267 g/mol. The minimum atomic E-state index is 0.126. The Morgan fingerprint density at radius 3 is 2.94 bits per heavy atom. The number of nitrogens with zero attached hydrogens (tertiary/aromatic N) is 2. The van der Waals surface area contributed by atoms with Crippen molar-refractivity contribution in [3.05, 3.63) is 32.5 Å². The van der Waals surface area contributed by atoms with E-state index < -0.39 is 0 Å². The molecule has 0 radical (unpaired) electrons. The maximum atomic E-state index is 6.06. The Morgan fingerprint density at radius 1 is 1.56 bits per heavy atom. The van der Waals surface area contributed by atoms with Gasteiger partial charge in [-0.2, -0.15) is 5.10 Å². The molecule has 16 heavy (non-hydrogen) atoms. The zero-order valence-corrected chi connectivity index (χ0v) is 10.8. The fourth-order valence-electron chi connectivity index (χ4n) is 1.32. The second-order valence-corrected chi connectivity index (χ2v) is 5.60. The van der Waals surface area contributed by atoms with Gasteiger partial charge in [-0.05, 0) is 18.6 Å². The van der Waals surface area contributed by atoms with Crippen molar-refractivity contribution >= 4 is 34.5 Å². The summed E-state index contributed by atoms with van der Waals surface area (Å²) >= 11 is 13.3. The van der Waals surface area contributed by atoms with Crippen LogP contribution >= 0.6 is 34.5 Å². The summed E-state index contributed by atoms with van der Waals surface area (Å²) in [6, 6.07) is 2.01. The molecule has 2 N–H and O–H groups in total. The summed E-state index contributed by atoms with van der Waals surface area (Å²) in [5.74, 6) is 0.796. The van der Waals surface area contributed by atoms with E-state index in [9.17, 15) is 0 Å². The van der Waals surface area contributed by atoms with Crippen molar-refractivity contribution in [3.63, 3.8) is 0 Å². The van der Waals surface area contributed by atoms with Gasteiger partial charge in [-0.3, -0.25) is 5.10 Å². The third kappa shape index (κ3) is 2.74. The standard InChI is InChI=1S/C9H10Cl2N4S/c1-5(6-2-7(10)16-9(6)11)12-3-8-13-4-14-15-8/h2,4-5,12H,3H2,1H3,(H,13,14,15). The molecule has 0 saturated carbocycles. The van der Waals surface area contributed by atoms with Gasteiger partial charge in [0.25, 0.3) is 0 Å². The van der Waals surface area contributed by atoms with Crippen molar-refractivity contribution in [1.82, 2.24) is 20.5 Å². The fraction of sp³-hybridized carbons (Fsp3) is 0.333. The molecule has 7 heteroatoms. The Morgan fingerprint density at radius 2 is 2.38 bits per heavy atom. The number of rotatable bonds is 4. The fourth-order valence-corrected chi connectivity index (χ4v) is 2.97. The molecule has 2 heterocycles. The van der Waals surface area contributed by atoms with Gasteiger partial charge in [0.15, 0.2) is 0 Å². The van der Waals surface area contributed by atoms with Gasteiger partial charge in [0.1, 0.15) is 12.2 Å². The second-order valence-electron chi connectivity index (χ2n) is 3.31. The van der Waals surface area contributed by atoms with Gasteiger partial charge in [-0.15, -0.1) is 11.3 Å². The summed E-state index contributed by atoms with van der Waals surface area (Å²) in [4.78, 5) is 4.02. The molecule has 0 bridgehead atoms. The molecule has 0 aliphatic carbocycles. The van der Waals surface area contributed by atoms with E-state index in [0.717, 1.165) is 15.7 Å². The summed E-state index contributed by atoms with van der Waals surface area (Å²) in [5.41, 5.74) is 1.01. The van der Waals surface area contributed by atoms with Gasteiger partial charge in [0.05, 0.1) is 15.2 Å². The first-order valence-corrected chi connectivity index (χ1v) is 6.26. The zero-order chi connectivity index (χ0) is 11.5. The van der Waals surface area contributed by atoms with Crippen LogP contribution in [-0.4, -0.2) is 15.2 Å². The van der Waals surface area contributed by atoms with Crippen molar-refractivity contribution < 1.29 is 0 Å². The smallest absolute Gasteiger partial charge is 0.138 e. The summed E-state index contributed by atoms with van der Waals surface area (Å²) in [6.07, 6.45) is 1.48. The number of halogens is 2. The first-order chi connectivity index (χ1) is 7.66. The first kappa shape index (κ1) is 11.9. The molecule has 2 rings (SSSR count). The number of aromatic amines is 1. The molecule has 1 unspecified atom stereocenters. The number of H-pyrrole nitrogens is 1. The Bertz CT molecular complexity index is 454. The third-order valence-electron chi connectivity index (χ3n) is 2.19. The van der Waals surface area contributed by atoms with Crippen LogP contribution in [0.1, 0.15) is 24.4 Å². The molecule has 0 amide bonds. The molecule has 1 atom stereocenters. The van der Waals surface area contributed by atoms with Gasteiger partial charge >= 0.3 is 0 Å². The molecule has 0 aliphatic heterocycles. The van der Waals surface area contributed by atoms with Crippen LogP contribution in [0.2, 0.25) is 8.67 Å². The van der Waals surface area contributed by atoms with Crippen molar-refractivity contribution in [1.29, 1.82) is 0 Å². The zero-order valence-electron chi connectivity index (χ0n) is 8.50.